The Labute approximate surface area is 95.2 Å². The largest absolute Gasteiger partial charge is 0.313 e. The van der Waals surface area contributed by atoms with Gasteiger partial charge in [-0.25, -0.2) is 0 Å². The predicted molar refractivity (Wildman–Crippen MR) is 67.2 cm³/mol. The Balaban J connectivity index is 2.13. The second kappa shape index (κ2) is 5.86. The van der Waals surface area contributed by atoms with E-state index in [1.165, 1.54) is 32.2 Å². The van der Waals surface area contributed by atoms with Crippen molar-refractivity contribution in [3.63, 3.8) is 0 Å². The number of hydrogen-bond donors (Lipinski definition) is 2. The van der Waals surface area contributed by atoms with Gasteiger partial charge in [0, 0.05) is 25.2 Å². The first kappa shape index (κ1) is 13.0. The molecule has 1 rings (SSSR count). The van der Waals surface area contributed by atoms with Gasteiger partial charge in [0.05, 0.1) is 0 Å². The van der Waals surface area contributed by atoms with Crippen molar-refractivity contribution in [3.05, 3.63) is 0 Å². The van der Waals surface area contributed by atoms with Crippen LogP contribution >= 0.6 is 0 Å². The molecule has 0 radical (unpaired) electrons. The lowest BCUT2D eigenvalue weighted by Gasteiger charge is -2.26. The van der Waals surface area contributed by atoms with Crippen LogP contribution in [0.3, 0.4) is 0 Å². The molecule has 1 unspecified atom stereocenters. The highest BCUT2D eigenvalue weighted by molar-refractivity contribution is 4.83. The molecular weight excluding hydrogens is 184 g/mol. The summed E-state index contributed by atoms with van der Waals surface area (Å²) in [4.78, 5) is 0. The van der Waals surface area contributed by atoms with Gasteiger partial charge < -0.3 is 10.6 Å². The Morgan fingerprint density at radius 2 is 1.67 bits per heavy atom. The smallest absolute Gasteiger partial charge is 0.0164 e. The van der Waals surface area contributed by atoms with Crippen molar-refractivity contribution in [3.8, 4) is 0 Å². The van der Waals surface area contributed by atoms with Crippen molar-refractivity contribution < 1.29 is 0 Å². The molecule has 2 N–H and O–H groups in total. The van der Waals surface area contributed by atoms with Crippen molar-refractivity contribution in [2.45, 2.75) is 65.5 Å². The Morgan fingerprint density at radius 3 is 2.20 bits per heavy atom. The summed E-state index contributed by atoms with van der Waals surface area (Å²) >= 11 is 0. The fraction of sp³-hybridized carbons (Fsp3) is 1.00. The highest BCUT2D eigenvalue weighted by Crippen LogP contribution is 2.36. The zero-order valence-corrected chi connectivity index (χ0v) is 10.9. The fourth-order valence-corrected chi connectivity index (χ4v) is 2.31. The predicted octanol–water partition coefficient (Wildman–Crippen LogP) is 2.54. The molecule has 1 aliphatic carbocycles. The molecule has 1 fully saturated rings. The average molecular weight is 212 g/mol. The number of nitrogens with one attached hydrogen (secondary N) is 2. The average Bonchev–Trinajstić information content (AvgIpc) is 2.60. The maximum atomic E-state index is 3.66. The Hall–Kier alpha value is -0.0800. The van der Waals surface area contributed by atoms with Gasteiger partial charge in [-0.1, -0.05) is 33.6 Å². The first-order valence-electron chi connectivity index (χ1n) is 6.49. The molecule has 0 spiro atoms. The summed E-state index contributed by atoms with van der Waals surface area (Å²) in [5, 5.41) is 7.13. The van der Waals surface area contributed by atoms with Gasteiger partial charge in [-0.05, 0) is 25.2 Å². The van der Waals surface area contributed by atoms with Gasteiger partial charge in [0.1, 0.15) is 0 Å². The van der Waals surface area contributed by atoms with Gasteiger partial charge in [0.15, 0.2) is 0 Å². The van der Waals surface area contributed by atoms with Crippen molar-refractivity contribution in [2.24, 2.45) is 5.41 Å². The maximum Gasteiger partial charge on any atom is 0.0164 e. The second-order valence-electron chi connectivity index (χ2n) is 5.86. The molecule has 0 bridgehead atoms. The number of hydrogen-bond acceptors (Lipinski definition) is 2. The molecule has 15 heavy (non-hydrogen) atoms. The number of rotatable bonds is 6. The van der Waals surface area contributed by atoms with Crippen LogP contribution in [0.25, 0.3) is 0 Å². The molecule has 0 aromatic heterocycles. The van der Waals surface area contributed by atoms with Gasteiger partial charge in [-0.15, -0.1) is 0 Å². The van der Waals surface area contributed by atoms with E-state index < -0.39 is 0 Å². The van der Waals surface area contributed by atoms with Crippen molar-refractivity contribution in [1.29, 1.82) is 0 Å². The zero-order valence-electron chi connectivity index (χ0n) is 10.9. The highest BCUT2D eigenvalue weighted by Gasteiger charge is 2.28. The summed E-state index contributed by atoms with van der Waals surface area (Å²) in [5.74, 6) is 0. The molecule has 1 atom stereocenters. The Bertz CT molecular complexity index is 171. The SMILES string of the molecule is CC(C)NCC(C)NCC1(C)CCCC1. The first-order chi connectivity index (χ1) is 7.02. The Morgan fingerprint density at radius 1 is 1.07 bits per heavy atom. The lowest BCUT2D eigenvalue weighted by molar-refractivity contribution is 0.297. The third kappa shape index (κ3) is 4.98. The molecule has 0 saturated heterocycles. The molecule has 0 aromatic carbocycles. The van der Waals surface area contributed by atoms with Crippen LogP contribution in [0.5, 0.6) is 0 Å². The molecule has 1 aliphatic rings. The molecule has 2 nitrogen and oxygen atoms in total. The minimum absolute atomic E-state index is 0.575. The van der Waals surface area contributed by atoms with Crippen molar-refractivity contribution >= 4 is 0 Å². The van der Waals surface area contributed by atoms with E-state index in [4.69, 9.17) is 0 Å². The van der Waals surface area contributed by atoms with E-state index in [-0.39, 0.29) is 0 Å². The fourth-order valence-electron chi connectivity index (χ4n) is 2.31. The van der Waals surface area contributed by atoms with Crippen LogP contribution < -0.4 is 10.6 Å². The van der Waals surface area contributed by atoms with Gasteiger partial charge in [-0.3, -0.25) is 0 Å². The molecule has 0 heterocycles. The monoisotopic (exact) mass is 212 g/mol. The van der Waals surface area contributed by atoms with E-state index in [9.17, 15) is 0 Å². The lowest BCUT2D eigenvalue weighted by Crippen LogP contribution is -2.42. The van der Waals surface area contributed by atoms with Crippen LogP contribution in [-0.4, -0.2) is 25.2 Å². The van der Waals surface area contributed by atoms with Crippen LogP contribution in [0.1, 0.15) is 53.4 Å². The summed E-state index contributed by atoms with van der Waals surface area (Å²) in [6.45, 7) is 11.4. The first-order valence-corrected chi connectivity index (χ1v) is 6.49. The van der Waals surface area contributed by atoms with E-state index in [1.807, 2.05) is 0 Å². The zero-order chi connectivity index (χ0) is 11.3. The second-order valence-corrected chi connectivity index (χ2v) is 5.86. The van der Waals surface area contributed by atoms with Crippen LogP contribution in [0, 0.1) is 5.41 Å². The molecule has 0 aliphatic heterocycles. The quantitative estimate of drug-likeness (QED) is 0.707. The maximum absolute atomic E-state index is 3.66. The summed E-state index contributed by atoms with van der Waals surface area (Å²) in [6.07, 6.45) is 5.67. The normalized spacial score (nSPS) is 22.2. The summed E-state index contributed by atoms with van der Waals surface area (Å²) in [5.41, 5.74) is 0.575. The van der Waals surface area contributed by atoms with Crippen LogP contribution in [-0.2, 0) is 0 Å². The summed E-state index contributed by atoms with van der Waals surface area (Å²) < 4.78 is 0. The topological polar surface area (TPSA) is 24.1 Å². The minimum Gasteiger partial charge on any atom is -0.313 e. The van der Waals surface area contributed by atoms with Crippen LogP contribution in [0.4, 0.5) is 0 Å². The molecule has 0 aromatic rings. The van der Waals surface area contributed by atoms with E-state index in [2.05, 4.69) is 38.3 Å². The van der Waals surface area contributed by atoms with Crippen molar-refractivity contribution in [1.82, 2.24) is 10.6 Å². The van der Waals surface area contributed by atoms with Gasteiger partial charge in [0.2, 0.25) is 0 Å². The molecule has 2 heteroatoms. The van der Waals surface area contributed by atoms with E-state index in [1.54, 1.807) is 0 Å². The van der Waals surface area contributed by atoms with E-state index in [0.29, 0.717) is 17.5 Å². The van der Waals surface area contributed by atoms with Gasteiger partial charge in [-0.2, -0.15) is 0 Å². The Kier molecular flexibility index (Phi) is 5.07. The third-order valence-electron chi connectivity index (χ3n) is 3.52. The van der Waals surface area contributed by atoms with E-state index in [0.717, 1.165) is 6.54 Å². The third-order valence-corrected chi connectivity index (χ3v) is 3.52. The van der Waals surface area contributed by atoms with E-state index >= 15 is 0 Å². The standard InChI is InChI=1S/C13H28N2/c1-11(2)14-9-12(3)15-10-13(4)7-5-6-8-13/h11-12,14-15H,5-10H2,1-4H3. The molecule has 90 valence electrons. The summed E-state index contributed by atoms with van der Waals surface area (Å²) in [6, 6.07) is 1.18. The highest BCUT2D eigenvalue weighted by atomic mass is 15.0. The van der Waals surface area contributed by atoms with Crippen molar-refractivity contribution in [2.75, 3.05) is 13.1 Å². The van der Waals surface area contributed by atoms with Gasteiger partial charge >= 0.3 is 0 Å². The molecule has 0 amide bonds. The minimum atomic E-state index is 0.575. The lowest BCUT2D eigenvalue weighted by atomic mass is 9.89. The van der Waals surface area contributed by atoms with Gasteiger partial charge in [0.25, 0.3) is 0 Å². The van der Waals surface area contributed by atoms with Crippen LogP contribution in [0.15, 0.2) is 0 Å². The molecule has 1 saturated carbocycles. The van der Waals surface area contributed by atoms with Crippen LogP contribution in [0.2, 0.25) is 0 Å². The molecular formula is C13H28N2. The summed E-state index contributed by atoms with van der Waals surface area (Å²) in [7, 11) is 0.